The van der Waals surface area contributed by atoms with Crippen molar-refractivity contribution in [3.05, 3.63) is 467 Å². The third-order valence-electron chi connectivity index (χ3n) is 26.2. The minimum atomic E-state index is 0.626. The van der Waals surface area contributed by atoms with E-state index in [9.17, 15) is 0 Å². The fourth-order valence-corrected chi connectivity index (χ4v) is 21.3. The Labute approximate surface area is 811 Å². The maximum Gasteiger partial charge on any atom is 0.227 e. The van der Waals surface area contributed by atoms with Gasteiger partial charge in [0.05, 0.1) is 54.2 Å². The normalized spacial score (nSPS) is 11.6. The minimum Gasteiger partial charge on any atom is -0.435 e. The third kappa shape index (κ3) is 15.4. The van der Waals surface area contributed by atoms with Crippen LogP contribution in [-0.4, -0.2) is 54.4 Å². The molecule has 7 aromatic heterocycles. The lowest BCUT2D eigenvalue weighted by atomic mass is 9.99. The van der Waals surface area contributed by atoms with Crippen LogP contribution in [0.2, 0.25) is 0 Å². The van der Waals surface area contributed by atoms with Gasteiger partial charge in [-0.25, -0.2) is 49.8 Å². The van der Waals surface area contributed by atoms with Crippen LogP contribution in [0.3, 0.4) is 0 Å². The third-order valence-corrected chi connectivity index (χ3v) is 28.4. The van der Waals surface area contributed by atoms with Crippen molar-refractivity contribution in [2.45, 2.75) is 0 Å². The number of aromatic nitrogens is 11. The molecule has 0 N–H and O–H groups in total. The maximum absolute atomic E-state index is 6.38. The van der Waals surface area contributed by atoms with E-state index in [1.165, 1.54) is 68.9 Å². The molecule has 0 bridgehead atoms. The zero-order chi connectivity index (χ0) is 92.5. The van der Waals surface area contributed by atoms with Crippen LogP contribution in [0.25, 0.3) is 269 Å². The number of rotatable bonds is 13. The first-order valence-electron chi connectivity index (χ1n) is 46.6. The van der Waals surface area contributed by atoms with Gasteiger partial charge in [-0.15, -0.1) is 22.7 Å². The average Bonchev–Trinajstić information content (AvgIpc) is 1.55. The first-order valence-corrected chi connectivity index (χ1v) is 48.2. The lowest BCUT2D eigenvalue weighted by molar-refractivity contribution is 0.623. The summed E-state index contributed by atoms with van der Waals surface area (Å²) in [6.45, 7) is 0. The van der Waals surface area contributed by atoms with Crippen molar-refractivity contribution in [2.24, 2.45) is 0 Å². The summed E-state index contributed by atoms with van der Waals surface area (Å²) in [6, 6.07) is 162. The molecule has 28 rings (SSSR count). The van der Waals surface area contributed by atoms with Gasteiger partial charge in [0, 0.05) is 99.4 Å². The van der Waals surface area contributed by atoms with E-state index in [0.717, 1.165) is 165 Å². The van der Waals surface area contributed by atoms with E-state index >= 15 is 0 Å². The van der Waals surface area contributed by atoms with Gasteiger partial charge in [-0.05, 0) is 150 Å². The molecule has 0 atom stereocenters. The molecular formula is C126H77N11OS2. The number of hydrogen-bond donors (Lipinski definition) is 0. The quantitative estimate of drug-likeness (QED) is 0.102. The van der Waals surface area contributed by atoms with Gasteiger partial charge in [0.25, 0.3) is 0 Å². The molecule has 14 heteroatoms. The Morgan fingerprint density at radius 1 is 0.193 bits per heavy atom. The van der Waals surface area contributed by atoms with E-state index in [1.54, 1.807) is 22.7 Å². The van der Waals surface area contributed by atoms with Gasteiger partial charge < -0.3 is 8.98 Å². The van der Waals surface area contributed by atoms with Crippen molar-refractivity contribution in [1.82, 2.24) is 54.4 Å². The van der Waals surface area contributed by atoms with Crippen LogP contribution in [0, 0.1) is 0 Å². The summed E-state index contributed by atoms with van der Waals surface area (Å²) >= 11 is 3.49. The largest absolute Gasteiger partial charge is 0.435 e. The number of fused-ring (bicyclic) bond motifs is 19. The van der Waals surface area contributed by atoms with Crippen molar-refractivity contribution < 1.29 is 4.42 Å². The van der Waals surface area contributed by atoms with Crippen LogP contribution in [0.4, 0.5) is 0 Å². The summed E-state index contributed by atoms with van der Waals surface area (Å²) in [5, 5.41) is 20.6. The van der Waals surface area contributed by atoms with Crippen LogP contribution in [-0.2, 0) is 0 Å². The van der Waals surface area contributed by atoms with Crippen molar-refractivity contribution >= 4 is 151 Å². The average molecular weight is 1830 g/mol. The Hall–Kier alpha value is -18.3. The van der Waals surface area contributed by atoms with E-state index in [4.69, 9.17) is 54.3 Å². The van der Waals surface area contributed by atoms with Gasteiger partial charge in [0.2, 0.25) is 5.89 Å². The summed E-state index contributed by atoms with van der Waals surface area (Å²) < 4.78 is 11.1. The molecule has 140 heavy (non-hydrogen) atoms. The molecule has 12 nitrogen and oxygen atoms in total. The molecule has 0 aliphatic heterocycles. The van der Waals surface area contributed by atoms with Gasteiger partial charge in [-0.1, -0.05) is 376 Å². The maximum atomic E-state index is 6.38. The molecule has 0 aliphatic carbocycles. The number of oxazole rings is 1. The molecule has 7 heterocycles. The van der Waals surface area contributed by atoms with Crippen molar-refractivity contribution in [3.63, 3.8) is 0 Å². The van der Waals surface area contributed by atoms with Crippen LogP contribution in [0.1, 0.15) is 0 Å². The zero-order valence-corrected chi connectivity index (χ0v) is 76.7. The summed E-state index contributed by atoms with van der Waals surface area (Å²) in [6.07, 6.45) is 0. The fraction of sp³-hybridized carbons (Fsp3) is 0. The molecule has 21 aromatic carbocycles. The number of thiazole rings is 2. The molecule has 0 saturated carbocycles. The van der Waals surface area contributed by atoms with E-state index in [1.807, 2.05) is 170 Å². The van der Waals surface area contributed by atoms with Crippen LogP contribution < -0.4 is 0 Å². The highest BCUT2D eigenvalue weighted by atomic mass is 32.1. The van der Waals surface area contributed by atoms with E-state index in [2.05, 4.69) is 302 Å². The van der Waals surface area contributed by atoms with Crippen LogP contribution in [0.15, 0.2) is 472 Å². The van der Waals surface area contributed by atoms with Crippen molar-refractivity contribution in [1.29, 1.82) is 0 Å². The van der Waals surface area contributed by atoms with Crippen LogP contribution >= 0.6 is 22.7 Å². The summed E-state index contributed by atoms with van der Waals surface area (Å²) in [7, 11) is 0. The molecule has 28 aromatic rings. The Kier molecular flexibility index (Phi) is 20.7. The van der Waals surface area contributed by atoms with E-state index in [0.29, 0.717) is 35.0 Å². The zero-order valence-electron chi connectivity index (χ0n) is 75.1. The number of hydrogen-bond acceptors (Lipinski definition) is 13. The molecule has 0 aliphatic rings. The first-order chi connectivity index (χ1) is 69.3. The van der Waals surface area contributed by atoms with E-state index < -0.39 is 0 Å². The van der Waals surface area contributed by atoms with Crippen molar-refractivity contribution in [2.75, 3.05) is 0 Å². The monoisotopic (exact) mass is 1820 g/mol. The highest BCUT2D eigenvalue weighted by Crippen LogP contribution is 2.46. The standard InChI is InChI=1S/C49H30N4S.C40H24N4S.C37H23N3O/c1-4-12-31(13-5-1)41-30-42(32-14-6-2-7-15-32)51-48(50-41)35-22-25-38-34(28-35)21-20-33-24-27-45-47(46(33)38)52-49(54-45)36-23-26-40-39-18-10-11-19-43(39)53(44(40)29-36)37-16-8-3-9-17-37;1-3-10-27(11-4-1)37-42-38(28-12-5-2-6-13-28)44-39(43-37)31-19-21-33-30(24-31)17-16-26-20-22-34-36(35(26)33)41-40(45-34)32-18-15-25-9-7-8-14-29(25)23-32;1-4-10-24(11-5-1)32-23-33(25-12-6-2-7-13-25)39-36(38-32)29-18-20-30-28(22-29)17-16-26-19-21-31-35(34(26)30)41-37(40-31)27-14-8-3-9-15-27/h1-30H;1-24H;1-23H. The summed E-state index contributed by atoms with van der Waals surface area (Å²) in [5.74, 6) is 3.98. The second-order valence-corrected chi connectivity index (χ2v) is 36.9. The second kappa shape index (κ2) is 35.2. The Morgan fingerprint density at radius 3 is 1.00 bits per heavy atom. The lowest BCUT2D eigenvalue weighted by Crippen LogP contribution is -2.00. The molecule has 654 valence electrons. The molecule has 0 spiro atoms. The van der Waals surface area contributed by atoms with Gasteiger partial charge in [-0.2, -0.15) is 0 Å². The predicted octanol–water partition coefficient (Wildman–Crippen LogP) is 33.4. The highest BCUT2D eigenvalue weighted by molar-refractivity contribution is 7.22. The number of nitrogens with zero attached hydrogens (tertiary/aromatic N) is 11. The SMILES string of the molecule is c1ccc(-c2cc(-c3ccccc3)nc(-c3ccc4c(ccc5ccc6nc(-c7ccccc7)oc6c54)c3)n2)cc1.c1ccc(-c2cc(-c3ccccc3)nc(-c3ccc4c(ccc5ccc6sc(-c7ccc8c9ccccc9n(-c9ccccc9)c8c7)nc6c54)c3)n2)cc1.c1ccc(-c2nc(-c3ccccc3)nc(-c3ccc4c(ccc5ccc6sc(-c7ccc8ccccc8c7)nc6c54)c3)n2)cc1. The molecule has 0 unspecified atom stereocenters. The molecule has 0 saturated heterocycles. The van der Waals surface area contributed by atoms with Gasteiger partial charge in [0.1, 0.15) is 15.5 Å². The molecular weight excluding hydrogens is 1750 g/mol. The minimum absolute atomic E-state index is 0.626. The highest BCUT2D eigenvalue weighted by Gasteiger charge is 2.23. The predicted molar refractivity (Wildman–Crippen MR) is 580 cm³/mol. The second-order valence-electron chi connectivity index (χ2n) is 34.9. The number of benzene rings is 21. The topological polar surface area (TPSA) is 147 Å². The Balaban J connectivity index is 0.000000109. The van der Waals surface area contributed by atoms with Crippen molar-refractivity contribution in [3.8, 4) is 140 Å². The van der Waals surface area contributed by atoms with Crippen LogP contribution in [0.5, 0.6) is 0 Å². The first kappa shape index (κ1) is 82.3. The fourth-order valence-electron chi connectivity index (χ4n) is 19.4. The molecule has 0 amide bonds. The van der Waals surface area contributed by atoms with E-state index in [-0.39, 0.29) is 0 Å². The van der Waals surface area contributed by atoms with Gasteiger partial charge in [0.15, 0.2) is 34.7 Å². The Morgan fingerprint density at radius 2 is 0.521 bits per heavy atom. The molecule has 0 radical (unpaired) electrons. The lowest BCUT2D eigenvalue weighted by Gasteiger charge is -2.11. The number of para-hydroxylation sites is 2. The molecule has 0 fully saturated rings. The summed E-state index contributed by atoms with van der Waals surface area (Å²) in [5.41, 5.74) is 23.1. The van der Waals surface area contributed by atoms with Gasteiger partial charge in [-0.3, -0.25) is 0 Å². The summed E-state index contributed by atoms with van der Waals surface area (Å²) in [4.78, 5) is 50.4. The Bertz CT molecular complexity index is 9510. The smallest absolute Gasteiger partial charge is 0.227 e. The van der Waals surface area contributed by atoms with Gasteiger partial charge >= 0.3 is 0 Å².